The van der Waals surface area contributed by atoms with E-state index in [4.69, 9.17) is 14.9 Å². The molecule has 0 aliphatic heterocycles. The molecule has 78 valence electrons. The molecule has 0 fully saturated rings. The molecule has 0 saturated carbocycles. The minimum Gasteiger partial charge on any atom is -0.465 e. The molecule has 0 rings (SSSR count). The van der Waals surface area contributed by atoms with Crippen LogP contribution in [0.1, 0.15) is 13.8 Å². The van der Waals surface area contributed by atoms with Gasteiger partial charge in [0.25, 0.3) is 0 Å². The van der Waals surface area contributed by atoms with E-state index in [0.717, 1.165) is 0 Å². The summed E-state index contributed by atoms with van der Waals surface area (Å²) in [6.07, 6.45) is -0.942. The number of carbonyl (C=O) groups is 1. The Bertz CT molecular complexity index is 149. The second kappa shape index (κ2) is 6.68. The largest absolute Gasteiger partial charge is 0.465 e. The number of carboxylic acid groups (broad SMARTS) is 1. The zero-order valence-electron chi connectivity index (χ0n) is 8.06. The molecule has 0 spiro atoms. The van der Waals surface area contributed by atoms with E-state index in [0.29, 0.717) is 13.2 Å². The number of ether oxygens (including phenoxy) is 1. The number of amides is 1. The molecule has 0 aromatic carbocycles. The van der Waals surface area contributed by atoms with E-state index in [1.807, 2.05) is 0 Å². The molecule has 0 aromatic rings. The highest BCUT2D eigenvalue weighted by Crippen LogP contribution is 1.97. The van der Waals surface area contributed by atoms with Crippen molar-refractivity contribution in [3.05, 3.63) is 0 Å². The summed E-state index contributed by atoms with van der Waals surface area (Å²) in [4.78, 5) is 11.9. The van der Waals surface area contributed by atoms with E-state index in [1.165, 1.54) is 4.90 Å². The fourth-order valence-corrected chi connectivity index (χ4v) is 0.904. The lowest BCUT2D eigenvalue weighted by molar-refractivity contribution is 0.0647. The number of hydrogen-bond donors (Lipinski definition) is 2. The Balaban J connectivity index is 3.64. The number of aliphatic hydroxyl groups is 1. The minimum absolute atomic E-state index is 0.0330. The Kier molecular flexibility index (Phi) is 6.26. The maximum absolute atomic E-state index is 10.6. The molecule has 0 heterocycles. The molecule has 13 heavy (non-hydrogen) atoms. The Morgan fingerprint density at radius 2 is 2.08 bits per heavy atom. The first-order valence-electron chi connectivity index (χ1n) is 4.27. The molecule has 5 heteroatoms. The third-order valence-electron chi connectivity index (χ3n) is 1.58. The van der Waals surface area contributed by atoms with Gasteiger partial charge in [0, 0.05) is 12.6 Å². The average Bonchev–Trinajstić information content (AvgIpc) is 2.02. The molecule has 2 N–H and O–H groups in total. The number of hydrogen-bond acceptors (Lipinski definition) is 3. The predicted molar refractivity (Wildman–Crippen MR) is 47.8 cm³/mol. The maximum Gasteiger partial charge on any atom is 0.407 e. The first-order valence-corrected chi connectivity index (χ1v) is 4.27. The Hall–Kier alpha value is -0.810. The Morgan fingerprint density at radius 1 is 1.46 bits per heavy atom. The zero-order valence-corrected chi connectivity index (χ0v) is 8.06. The van der Waals surface area contributed by atoms with Gasteiger partial charge in [0.05, 0.1) is 19.8 Å². The minimum atomic E-state index is -0.942. The lowest BCUT2D eigenvalue weighted by Crippen LogP contribution is -2.38. The van der Waals surface area contributed by atoms with Gasteiger partial charge in [-0.05, 0) is 13.8 Å². The molecule has 1 amide bonds. The van der Waals surface area contributed by atoms with Crippen LogP contribution in [0.4, 0.5) is 4.79 Å². The third kappa shape index (κ3) is 5.43. The molecule has 0 atom stereocenters. The van der Waals surface area contributed by atoms with Gasteiger partial charge in [0.15, 0.2) is 0 Å². The van der Waals surface area contributed by atoms with Crippen LogP contribution >= 0.6 is 0 Å². The molecular weight excluding hydrogens is 174 g/mol. The molecular formula is C8H17NO4. The molecule has 0 aromatic heterocycles. The Morgan fingerprint density at radius 3 is 2.46 bits per heavy atom. The molecule has 0 radical (unpaired) electrons. The number of rotatable bonds is 6. The SMILES string of the molecule is CC(C)N(CCOCCO)C(=O)O. The second-order valence-electron chi connectivity index (χ2n) is 2.91. The van der Waals surface area contributed by atoms with Crippen LogP contribution < -0.4 is 0 Å². The monoisotopic (exact) mass is 191 g/mol. The van der Waals surface area contributed by atoms with E-state index in [1.54, 1.807) is 13.8 Å². The topological polar surface area (TPSA) is 70.0 Å². The smallest absolute Gasteiger partial charge is 0.407 e. The van der Waals surface area contributed by atoms with Gasteiger partial charge >= 0.3 is 6.09 Å². The fraction of sp³-hybridized carbons (Fsp3) is 0.875. The summed E-state index contributed by atoms with van der Waals surface area (Å²) in [6, 6.07) is -0.0461. The standard InChI is InChI=1S/C8H17NO4/c1-7(2)9(8(11)12)3-5-13-6-4-10/h7,10H,3-6H2,1-2H3,(H,11,12). The van der Waals surface area contributed by atoms with Gasteiger partial charge in [-0.1, -0.05) is 0 Å². The third-order valence-corrected chi connectivity index (χ3v) is 1.58. The van der Waals surface area contributed by atoms with E-state index >= 15 is 0 Å². The van der Waals surface area contributed by atoms with Gasteiger partial charge in [-0.15, -0.1) is 0 Å². The van der Waals surface area contributed by atoms with Crippen molar-refractivity contribution in [3.63, 3.8) is 0 Å². The van der Waals surface area contributed by atoms with Crippen molar-refractivity contribution in [2.75, 3.05) is 26.4 Å². The lowest BCUT2D eigenvalue weighted by atomic mass is 10.3. The highest BCUT2D eigenvalue weighted by molar-refractivity contribution is 5.65. The van der Waals surface area contributed by atoms with Crippen molar-refractivity contribution in [3.8, 4) is 0 Å². The highest BCUT2D eigenvalue weighted by atomic mass is 16.5. The summed E-state index contributed by atoms with van der Waals surface area (Å²) >= 11 is 0. The van der Waals surface area contributed by atoms with Gasteiger partial charge in [-0.3, -0.25) is 0 Å². The average molecular weight is 191 g/mol. The normalized spacial score (nSPS) is 10.5. The fourth-order valence-electron chi connectivity index (χ4n) is 0.904. The van der Waals surface area contributed by atoms with Crippen LogP contribution in [0.15, 0.2) is 0 Å². The molecule has 5 nitrogen and oxygen atoms in total. The van der Waals surface area contributed by atoms with Crippen molar-refractivity contribution >= 4 is 6.09 Å². The van der Waals surface area contributed by atoms with Crippen LogP contribution in [0.25, 0.3) is 0 Å². The zero-order chi connectivity index (χ0) is 10.3. The maximum atomic E-state index is 10.6. The van der Waals surface area contributed by atoms with Gasteiger partial charge in [0.2, 0.25) is 0 Å². The molecule has 0 saturated heterocycles. The first-order chi connectivity index (χ1) is 6.09. The van der Waals surface area contributed by atoms with Crippen LogP contribution in [-0.4, -0.2) is 53.6 Å². The van der Waals surface area contributed by atoms with Crippen LogP contribution in [0, 0.1) is 0 Å². The molecule has 0 aliphatic carbocycles. The highest BCUT2D eigenvalue weighted by Gasteiger charge is 2.14. The van der Waals surface area contributed by atoms with E-state index < -0.39 is 6.09 Å². The molecule has 0 unspecified atom stereocenters. The predicted octanol–water partition coefficient (Wildman–Crippen LogP) is 0.384. The Labute approximate surface area is 77.9 Å². The van der Waals surface area contributed by atoms with Crippen LogP contribution in [0.2, 0.25) is 0 Å². The summed E-state index contributed by atoms with van der Waals surface area (Å²) in [7, 11) is 0. The van der Waals surface area contributed by atoms with Gasteiger partial charge < -0.3 is 19.8 Å². The second-order valence-corrected chi connectivity index (χ2v) is 2.91. The summed E-state index contributed by atoms with van der Waals surface area (Å²) in [5.74, 6) is 0. The lowest BCUT2D eigenvalue weighted by Gasteiger charge is -2.22. The van der Waals surface area contributed by atoms with Crippen molar-refractivity contribution in [2.45, 2.75) is 19.9 Å². The summed E-state index contributed by atoms with van der Waals surface area (Å²) < 4.78 is 4.96. The van der Waals surface area contributed by atoms with Crippen molar-refractivity contribution in [2.24, 2.45) is 0 Å². The van der Waals surface area contributed by atoms with E-state index in [-0.39, 0.29) is 19.3 Å². The number of nitrogens with zero attached hydrogens (tertiary/aromatic N) is 1. The van der Waals surface area contributed by atoms with E-state index in [2.05, 4.69) is 0 Å². The van der Waals surface area contributed by atoms with Crippen LogP contribution in [0.3, 0.4) is 0 Å². The molecule has 0 aliphatic rings. The van der Waals surface area contributed by atoms with Gasteiger partial charge in [-0.25, -0.2) is 4.79 Å². The van der Waals surface area contributed by atoms with Gasteiger partial charge in [-0.2, -0.15) is 0 Å². The van der Waals surface area contributed by atoms with Crippen molar-refractivity contribution < 1.29 is 19.7 Å². The van der Waals surface area contributed by atoms with Crippen molar-refractivity contribution in [1.29, 1.82) is 0 Å². The summed E-state index contributed by atoms with van der Waals surface area (Å²) in [6.45, 7) is 4.50. The summed E-state index contributed by atoms with van der Waals surface area (Å²) in [5.41, 5.74) is 0. The van der Waals surface area contributed by atoms with E-state index in [9.17, 15) is 4.79 Å². The molecule has 0 bridgehead atoms. The number of aliphatic hydroxyl groups excluding tert-OH is 1. The van der Waals surface area contributed by atoms with Crippen molar-refractivity contribution in [1.82, 2.24) is 4.90 Å². The van der Waals surface area contributed by atoms with Gasteiger partial charge in [0.1, 0.15) is 0 Å². The quantitative estimate of drug-likeness (QED) is 0.595. The summed E-state index contributed by atoms with van der Waals surface area (Å²) in [5, 5.41) is 17.1. The van der Waals surface area contributed by atoms with Crippen LogP contribution in [0.5, 0.6) is 0 Å². The van der Waals surface area contributed by atoms with Crippen LogP contribution in [-0.2, 0) is 4.74 Å². The first kappa shape index (κ1) is 12.2.